The highest BCUT2D eigenvalue weighted by molar-refractivity contribution is 7.98. The van der Waals surface area contributed by atoms with Gasteiger partial charge in [0.1, 0.15) is 0 Å². The van der Waals surface area contributed by atoms with Crippen molar-refractivity contribution in [3.05, 3.63) is 29.8 Å². The lowest BCUT2D eigenvalue weighted by Gasteiger charge is -2.15. The Morgan fingerprint density at radius 3 is 2.33 bits per heavy atom. The number of hydrogen-bond donors (Lipinski definition) is 2. The molecular formula is C15H26N2O2S2. The molecule has 2 N–H and O–H groups in total. The predicted octanol–water partition coefficient (Wildman–Crippen LogP) is 2.78. The van der Waals surface area contributed by atoms with Crippen molar-refractivity contribution in [1.82, 2.24) is 10.0 Å². The Balaban J connectivity index is 2.76. The third-order valence-corrected chi connectivity index (χ3v) is 5.60. The molecule has 2 atom stereocenters. The highest BCUT2D eigenvalue weighted by atomic mass is 32.2. The lowest BCUT2D eigenvalue weighted by Crippen LogP contribution is -2.34. The van der Waals surface area contributed by atoms with Crippen LogP contribution in [0.3, 0.4) is 0 Å². The molecule has 0 radical (unpaired) electrons. The zero-order chi connectivity index (χ0) is 15.9. The first-order valence-electron chi connectivity index (χ1n) is 7.25. The highest BCUT2D eigenvalue weighted by Crippen LogP contribution is 2.16. The van der Waals surface area contributed by atoms with Gasteiger partial charge in [-0.2, -0.15) is 11.8 Å². The molecule has 0 saturated carbocycles. The normalized spacial score (nSPS) is 14.9. The maximum Gasteiger partial charge on any atom is 0.240 e. The van der Waals surface area contributed by atoms with Gasteiger partial charge in [0, 0.05) is 17.8 Å². The fourth-order valence-corrected chi connectivity index (χ4v) is 3.96. The smallest absolute Gasteiger partial charge is 0.240 e. The fraction of sp³-hybridized carbons (Fsp3) is 0.600. The fourth-order valence-electron chi connectivity index (χ4n) is 2.03. The summed E-state index contributed by atoms with van der Waals surface area (Å²) >= 11 is 1.62. The van der Waals surface area contributed by atoms with E-state index in [2.05, 4.69) is 23.9 Å². The summed E-state index contributed by atoms with van der Waals surface area (Å²) in [6, 6.07) is 7.25. The van der Waals surface area contributed by atoms with Gasteiger partial charge in [0.05, 0.1) is 4.90 Å². The topological polar surface area (TPSA) is 58.2 Å². The van der Waals surface area contributed by atoms with Crippen LogP contribution in [0.4, 0.5) is 0 Å². The number of thioether (sulfide) groups is 1. The van der Waals surface area contributed by atoms with Gasteiger partial charge in [-0.05, 0) is 50.8 Å². The Morgan fingerprint density at radius 1 is 1.19 bits per heavy atom. The van der Waals surface area contributed by atoms with Crippen LogP contribution in [0.1, 0.15) is 38.8 Å². The third-order valence-electron chi connectivity index (χ3n) is 3.16. The quantitative estimate of drug-likeness (QED) is 0.731. The third kappa shape index (κ3) is 5.98. The predicted molar refractivity (Wildman–Crippen MR) is 91.3 cm³/mol. The SMILES string of the molecule is CCCNC(C)c1ccc(S(=O)(=O)NC(C)CSC)cc1. The van der Waals surface area contributed by atoms with Crippen molar-refractivity contribution in [2.24, 2.45) is 0 Å². The minimum atomic E-state index is -3.42. The second-order valence-electron chi connectivity index (χ2n) is 5.22. The van der Waals surface area contributed by atoms with Gasteiger partial charge in [0.25, 0.3) is 0 Å². The molecule has 21 heavy (non-hydrogen) atoms. The molecule has 2 unspecified atom stereocenters. The molecule has 4 nitrogen and oxygen atoms in total. The van der Waals surface area contributed by atoms with Crippen molar-refractivity contribution in [3.63, 3.8) is 0 Å². The molecule has 1 rings (SSSR count). The summed E-state index contributed by atoms with van der Waals surface area (Å²) < 4.78 is 27.2. The largest absolute Gasteiger partial charge is 0.310 e. The first kappa shape index (κ1) is 18.5. The molecule has 6 heteroatoms. The van der Waals surface area contributed by atoms with Gasteiger partial charge in [-0.1, -0.05) is 19.1 Å². The average molecular weight is 331 g/mol. The van der Waals surface area contributed by atoms with Crippen molar-refractivity contribution in [3.8, 4) is 0 Å². The van der Waals surface area contributed by atoms with Crippen LogP contribution >= 0.6 is 11.8 Å². The van der Waals surface area contributed by atoms with Crippen molar-refractivity contribution in [2.45, 2.75) is 44.2 Å². The monoisotopic (exact) mass is 330 g/mol. The molecule has 0 amide bonds. The Labute approximate surface area is 133 Å². The van der Waals surface area contributed by atoms with Gasteiger partial charge in [0.2, 0.25) is 10.0 Å². The van der Waals surface area contributed by atoms with Gasteiger partial charge >= 0.3 is 0 Å². The molecule has 0 saturated heterocycles. The molecule has 0 fully saturated rings. The second-order valence-corrected chi connectivity index (χ2v) is 7.85. The van der Waals surface area contributed by atoms with Crippen LogP contribution in [0.2, 0.25) is 0 Å². The van der Waals surface area contributed by atoms with Gasteiger partial charge in [-0.25, -0.2) is 13.1 Å². The first-order valence-corrected chi connectivity index (χ1v) is 10.1. The Morgan fingerprint density at radius 2 is 1.81 bits per heavy atom. The summed E-state index contributed by atoms with van der Waals surface area (Å²) in [5, 5.41) is 3.39. The molecule has 1 aromatic carbocycles. The average Bonchev–Trinajstić information content (AvgIpc) is 2.44. The number of hydrogen-bond acceptors (Lipinski definition) is 4. The highest BCUT2D eigenvalue weighted by Gasteiger charge is 2.17. The van der Waals surface area contributed by atoms with Crippen molar-refractivity contribution < 1.29 is 8.42 Å². The molecule has 0 aromatic heterocycles. The number of nitrogens with one attached hydrogen (secondary N) is 2. The number of rotatable bonds is 9. The zero-order valence-corrected chi connectivity index (χ0v) is 14.9. The maximum atomic E-state index is 12.2. The summed E-state index contributed by atoms with van der Waals surface area (Å²) in [6.07, 6.45) is 3.04. The lowest BCUT2D eigenvalue weighted by molar-refractivity contribution is 0.566. The molecule has 120 valence electrons. The first-order chi connectivity index (χ1) is 9.90. The summed E-state index contributed by atoms with van der Waals surface area (Å²) in [5.41, 5.74) is 1.10. The zero-order valence-electron chi connectivity index (χ0n) is 13.2. The van der Waals surface area contributed by atoms with Crippen LogP contribution in [0.15, 0.2) is 29.2 Å². The van der Waals surface area contributed by atoms with E-state index in [9.17, 15) is 8.42 Å². The Kier molecular flexibility index (Phi) is 7.73. The van der Waals surface area contributed by atoms with Crippen LogP contribution in [-0.2, 0) is 10.0 Å². The molecule has 0 bridgehead atoms. The van der Waals surface area contributed by atoms with Gasteiger partial charge < -0.3 is 5.32 Å². The van der Waals surface area contributed by atoms with E-state index in [0.717, 1.165) is 24.3 Å². The summed E-state index contributed by atoms with van der Waals surface area (Å²) in [4.78, 5) is 0.321. The minimum Gasteiger partial charge on any atom is -0.310 e. The molecule has 1 aromatic rings. The molecule has 0 aliphatic heterocycles. The van der Waals surface area contributed by atoms with Crippen LogP contribution in [0.25, 0.3) is 0 Å². The van der Waals surface area contributed by atoms with Gasteiger partial charge in [0.15, 0.2) is 0 Å². The van der Waals surface area contributed by atoms with Crippen molar-refractivity contribution in [1.29, 1.82) is 0 Å². The standard InChI is InChI=1S/C15H26N2O2S2/c1-5-10-16-13(3)14-6-8-15(9-7-14)21(18,19)17-12(2)11-20-4/h6-9,12-13,16-17H,5,10-11H2,1-4H3. The van der Waals surface area contributed by atoms with Gasteiger partial charge in [-0.15, -0.1) is 0 Å². The van der Waals surface area contributed by atoms with E-state index >= 15 is 0 Å². The Hall–Kier alpha value is -0.560. The van der Waals surface area contributed by atoms with Crippen LogP contribution < -0.4 is 10.0 Å². The summed E-state index contributed by atoms with van der Waals surface area (Å²) in [6.45, 7) is 7.03. The molecule has 0 spiro atoms. The van der Waals surface area contributed by atoms with Crippen molar-refractivity contribution >= 4 is 21.8 Å². The summed E-state index contributed by atoms with van der Waals surface area (Å²) in [7, 11) is -3.42. The van der Waals surface area contributed by atoms with E-state index in [1.54, 1.807) is 23.9 Å². The van der Waals surface area contributed by atoms with E-state index in [1.807, 2.05) is 25.3 Å². The molecular weight excluding hydrogens is 304 g/mol. The molecule has 0 aliphatic carbocycles. The van der Waals surface area contributed by atoms with Crippen molar-refractivity contribution in [2.75, 3.05) is 18.6 Å². The second kappa shape index (κ2) is 8.78. The lowest BCUT2D eigenvalue weighted by atomic mass is 10.1. The number of benzene rings is 1. The van der Waals surface area contributed by atoms with E-state index in [0.29, 0.717) is 4.90 Å². The van der Waals surface area contributed by atoms with Crippen LogP contribution in [0, 0.1) is 0 Å². The van der Waals surface area contributed by atoms with Gasteiger partial charge in [-0.3, -0.25) is 0 Å². The van der Waals surface area contributed by atoms with E-state index in [1.165, 1.54) is 0 Å². The molecule has 0 heterocycles. The molecule has 0 aliphatic rings. The minimum absolute atomic E-state index is 0.0742. The van der Waals surface area contributed by atoms with E-state index in [4.69, 9.17) is 0 Å². The van der Waals surface area contributed by atoms with E-state index < -0.39 is 10.0 Å². The number of sulfonamides is 1. The summed E-state index contributed by atoms with van der Waals surface area (Å²) in [5.74, 6) is 0.759. The van der Waals surface area contributed by atoms with E-state index in [-0.39, 0.29) is 12.1 Å². The van der Waals surface area contributed by atoms with Crippen LogP contribution in [-0.4, -0.2) is 33.0 Å². The maximum absolute atomic E-state index is 12.2. The Bertz CT molecular complexity index is 515. The van der Waals surface area contributed by atoms with Crippen LogP contribution in [0.5, 0.6) is 0 Å².